The Balaban J connectivity index is 1.54. The molecule has 0 aromatic carbocycles. The molecule has 1 aliphatic heterocycles. The number of carbonyl (C=O) groups is 1. The molecule has 0 spiro atoms. The van der Waals surface area contributed by atoms with Crippen LogP contribution in [0.4, 0.5) is 0 Å². The van der Waals surface area contributed by atoms with E-state index in [2.05, 4.69) is 15.0 Å². The van der Waals surface area contributed by atoms with Gasteiger partial charge in [-0.25, -0.2) is 0 Å². The van der Waals surface area contributed by atoms with Gasteiger partial charge in [-0.15, -0.1) is 11.3 Å². The molecule has 0 N–H and O–H groups in total. The number of hydrogen-bond donors (Lipinski definition) is 0. The van der Waals surface area contributed by atoms with Gasteiger partial charge in [0.15, 0.2) is 0 Å². The van der Waals surface area contributed by atoms with Crippen LogP contribution < -0.4 is 0 Å². The number of piperazine rings is 1. The Morgan fingerprint density at radius 2 is 2.14 bits per heavy atom. The predicted molar refractivity (Wildman–Crippen MR) is 84.3 cm³/mol. The van der Waals surface area contributed by atoms with E-state index in [9.17, 15) is 4.79 Å². The Labute approximate surface area is 133 Å². The van der Waals surface area contributed by atoms with Crippen molar-refractivity contribution in [1.82, 2.24) is 19.9 Å². The highest BCUT2D eigenvalue weighted by molar-refractivity contribution is 7.13. The van der Waals surface area contributed by atoms with Crippen molar-refractivity contribution >= 4 is 17.2 Å². The average molecular weight is 320 g/mol. The normalized spacial score (nSPS) is 16.4. The van der Waals surface area contributed by atoms with Crippen molar-refractivity contribution in [2.45, 2.75) is 20.4 Å². The molecule has 2 aromatic rings. The summed E-state index contributed by atoms with van der Waals surface area (Å²) in [7, 11) is 0. The van der Waals surface area contributed by atoms with E-state index in [0.717, 1.165) is 31.1 Å². The maximum atomic E-state index is 12.0. The molecule has 0 unspecified atom stereocenters. The zero-order chi connectivity index (χ0) is 15.5. The predicted octanol–water partition coefficient (Wildman–Crippen LogP) is 2.10. The van der Waals surface area contributed by atoms with Gasteiger partial charge in [0.1, 0.15) is 0 Å². The van der Waals surface area contributed by atoms with E-state index in [-0.39, 0.29) is 11.8 Å². The molecule has 3 heterocycles. The lowest BCUT2D eigenvalue weighted by Crippen LogP contribution is -2.49. The molecular weight excluding hydrogens is 300 g/mol. The molecule has 2 aromatic heterocycles. The highest BCUT2D eigenvalue weighted by Crippen LogP contribution is 2.21. The molecule has 0 radical (unpaired) electrons. The van der Waals surface area contributed by atoms with Crippen molar-refractivity contribution in [3.63, 3.8) is 0 Å². The third-order valence-electron chi connectivity index (χ3n) is 3.75. The Hall–Kier alpha value is -1.73. The summed E-state index contributed by atoms with van der Waals surface area (Å²) in [6.07, 6.45) is 0. The first-order chi connectivity index (χ1) is 10.6. The van der Waals surface area contributed by atoms with E-state index in [1.165, 1.54) is 0 Å². The number of thiophene rings is 1. The van der Waals surface area contributed by atoms with Crippen LogP contribution in [0.15, 0.2) is 22.0 Å². The van der Waals surface area contributed by atoms with Gasteiger partial charge >= 0.3 is 0 Å². The second-order valence-corrected chi connectivity index (χ2v) is 6.69. The highest BCUT2D eigenvalue weighted by atomic mass is 32.1. The van der Waals surface area contributed by atoms with E-state index < -0.39 is 0 Å². The summed E-state index contributed by atoms with van der Waals surface area (Å²) in [5, 5.41) is 6.02. The summed E-state index contributed by atoms with van der Waals surface area (Å²) in [6.45, 7) is 7.75. The standard InChI is InChI=1S/C15H20N4O2S/c1-11(2)15(20)19-7-5-18(6-8-19)10-13-16-14(17-21-13)12-4-3-9-22-12/h3-4,9,11H,5-8,10H2,1-2H3. The maximum absolute atomic E-state index is 12.0. The minimum atomic E-state index is 0.0656. The Morgan fingerprint density at radius 3 is 2.77 bits per heavy atom. The lowest BCUT2D eigenvalue weighted by Gasteiger charge is -2.34. The van der Waals surface area contributed by atoms with E-state index in [4.69, 9.17) is 4.52 Å². The van der Waals surface area contributed by atoms with Crippen LogP contribution in [0.3, 0.4) is 0 Å². The minimum Gasteiger partial charge on any atom is -0.340 e. The molecule has 0 atom stereocenters. The van der Waals surface area contributed by atoms with Crippen LogP contribution >= 0.6 is 11.3 Å². The van der Waals surface area contributed by atoms with Crippen molar-refractivity contribution in [2.24, 2.45) is 5.92 Å². The molecule has 22 heavy (non-hydrogen) atoms. The van der Waals surface area contributed by atoms with Crippen molar-refractivity contribution in [3.8, 4) is 10.7 Å². The zero-order valence-corrected chi connectivity index (χ0v) is 13.7. The van der Waals surface area contributed by atoms with Crippen LogP contribution in [0.25, 0.3) is 10.7 Å². The second-order valence-electron chi connectivity index (χ2n) is 5.75. The number of aromatic nitrogens is 2. The Bertz CT molecular complexity index is 615. The lowest BCUT2D eigenvalue weighted by atomic mass is 10.1. The molecule has 1 fully saturated rings. The topological polar surface area (TPSA) is 62.5 Å². The van der Waals surface area contributed by atoms with E-state index in [1.54, 1.807) is 11.3 Å². The second kappa shape index (κ2) is 6.58. The Kier molecular flexibility index (Phi) is 4.54. The monoisotopic (exact) mass is 320 g/mol. The first-order valence-corrected chi connectivity index (χ1v) is 8.39. The van der Waals surface area contributed by atoms with Gasteiger partial charge in [0.05, 0.1) is 11.4 Å². The van der Waals surface area contributed by atoms with Gasteiger partial charge in [-0.2, -0.15) is 4.98 Å². The SMILES string of the molecule is CC(C)C(=O)N1CCN(Cc2nc(-c3cccs3)no2)CC1. The maximum Gasteiger partial charge on any atom is 0.241 e. The van der Waals surface area contributed by atoms with Crippen molar-refractivity contribution in [3.05, 3.63) is 23.4 Å². The number of nitrogens with zero attached hydrogens (tertiary/aromatic N) is 4. The molecule has 1 amide bonds. The summed E-state index contributed by atoms with van der Waals surface area (Å²) in [6, 6.07) is 3.95. The van der Waals surface area contributed by atoms with Gasteiger partial charge in [-0.05, 0) is 11.4 Å². The smallest absolute Gasteiger partial charge is 0.241 e. The van der Waals surface area contributed by atoms with Crippen molar-refractivity contribution in [1.29, 1.82) is 0 Å². The van der Waals surface area contributed by atoms with Crippen molar-refractivity contribution in [2.75, 3.05) is 26.2 Å². The highest BCUT2D eigenvalue weighted by Gasteiger charge is 2.24. The van der Waals surface area contributed by atoms with Crippen LogP contribution in [0.5, 0.6) is 0 Å². The van der Waals surface area contributed by atoms with Crippen LogP contribution in [0.1, 0.15) is 19.7 Å². The van der Waals surface area contributed by atoms with E-state index in [0.29, 0.717) is 18.3 Å². The minimum absolute atomic E-state index is 0.0656. The van der Waals surface area contributed by atoms with Gasteiger partial charge in [0.25, 0.3) is 0 Å². The summed E-state index contributed by atoms with van der Waals surface area (Å²) in [4.78, 5) is 21.6. The Morgan fingerprint density at radius 1 is 1.36 bits per heavy atom. The van der Waals surface area contributed by atoms with Gasteiger partial charge < -0.3 is 9.42 Å². The summed E-state index contributed by atoms with van der Waals surface area (Å²) >= 11 is 1.60. The number of hydrogen-bond acceptors (Lipinski definition) is 6. The first kappa shape index (κ1) is 15.2. The molecule has 0 aliphatic carbocycles. The first-order valence-electron chi connectivity index (χ1n) is 7.51. The number of carbonyl (C=O) groups excluding carboxylic acids is 1. The largest absolute Gasteiger partial charge is 0.340 e. The molecule has 0 bridgehead atoms. The molecule has 1 saturated heterocycles. The van der Waals surface area contributed by atoms with Gasteiger partial charge in [-0.1, -0.05) is 25.1 Å². The van der Waals surface area contributed by atoms with Crippen LogP contribution in [0.2, 0.25) is 0 Å². The molecule has 7 heteroatoms. The van der Waals surface area contributed by atoms with Gasteiger partial charge in [-0.3, -0.25) is 9.69 Å². The van der Waals surface area contributed by atoms with Crippen LogP contribution in [-0.4, -0.2) is 52.0 Å². The summed E-state index contributed by atoms with van der Waals surface area (Å²) in [5.41, 5.74) is 0. The average Bonchev–Trinajstić information content (AvgIpc) is 3.18. The van der Waals surface area contributed by atoms with Crippen LogP contribution in [0, 0.1) is 5.92 Å². The zero-order valence-electron chi connectivity index (χ0n) is 12.9. The molecule has 0 saturated carbocycles. The van der Waals surface area contributed by atoms with Gasteiger partial charge in [0, 0.05) is 32.1 Å². The lowest BCUT2D eigenvalue weighted by molar-refractivity contribution is -0.136. The van der Waals surface area contributed by atoms with Gasteiger partial charge in [0.2, 0.25) is 17.6 Å². The fourth-order valence-corrected chi connectivity index (χ4v) is 3.16. The quantitative estimate of drug-likeness (QED) is 0.863. The molecule has 6 nitrogen and oxygen atoms in total. The summed E-state index contributed by atoms with van der Waals surface area (Å²) < 4.78 is 5.33. The fraction of sp³-hybridized carbons (Fsp3) is 0.533. The van der Waals surface area contributed by atoms with E-state index >= 15 is 0 Å². The molecule has 3 rings (SSSR count). The van der Waals surface area contributed by atoms with E-state index in [1.807, 2.05) is 36.3 Å². The third kappa shape index (κ3) is 3.36. The molecular formula is C15H20N4O2S. The summed E-state index contributed by atoms with van der Waals surface area (Å²) in [5.74, 6) is 1.58. The third-order valence-corrected chi connectivity index (χ3v) is 4.61. The molecule has 1 aliphatic rings. The number of amides is 1. The molecule has 118 valence electrons. The fourth-order valence-electron chi connectivity index (χ4n) is 2.51. The van der Waals surface area contributed by atoms with Crippen LogP contribution in [-0.2, 0) is 11.3 Å². The van der Waals surface area contributed by atoms with Crippen molar-refractivity contribution < 1.29 is 9.32 Å². The number of rotatable bonds is 4.